The van der Waals surface area contributed by atoms with Gasteiger partial charge in [-0.1, -0.05) is 29.8 Å². The van der Waals surface area contributed by atoms with E-state index < -0.39 is 41.0 Å². The van der Waals surface area contributed by atoms with Crippen LogP contribution in [0.2, 0.25) is 5.02 Å². The summed E-state index contributed by atoms with van der Waals surface area (Å²) in [5.41, 5.74) is -0.282. The highest BCUT2D eigenvalue weighted by Crippen LogP contribution is 2.58. The first-order chi connectivity index (χ1) is 21.3. The molecule has 3 heterocycles. The molecule has 2 aliphatic heterocycles. The Hall–Kier alpha value is -3.45. The number of rotatable bonds is 7. The Labute approximate surface area is 261 Å². The third-order valence-electron chi connectivity index (χ3n) is 9.23. The largest absolute Gasteiger partial charge is 0.478 e. The van der Waals surface area contributed by atoms with Crippen molar-refractivity contribution in [2.24, 2.45) is 5.41 Å². The van der Waals surface area contributed by atoms with Crippen molar-refractivity contribution < 1.29 is 36.2 Å². The van der Waals surface area contributed by atoms with Gasteiger partial charge in [0.15, 0.2) is 5.69 Å². The van der Waals surface area contributed by atoms with E-state index in [4.69, 9.17) is 11.6 Å². The molecule has 1 aliphatic carbocycles. The van der Waals surface area contributed by atoms with E-state index >= 15 is 0 Å². The van der Waals surface area contributed by atoms with Crippen LogP contribution < -0.4 is 9.80 Å². The summed E-state index contributed by atoms with van der Waals surface area (Å²) >= 11 is 6.38. The molecule has 2 aromatic carbocycles. The van der Waals surface area contributed by atoms with Gasteiger partial charge < -0.3 is 14.9 Å². The zero-order valence-electron chi connectivity index (χ0n) is 24.2. The number of carboxylic acid groups (broad SMARTS) is 1. The van der Waals surface area contributed by atoms with Crippen molar-refractivity contribution in [1.29, 1.82) is 0 Å². The van der Waals surface area contributed by atoms with Crippen molar-refractivity contribution in [3.05, 3.63) is 64.9 Å². The van der Waals surface area contributed by atoms with Gasteiger partial charge in [0.05, 0.1) is 17.7 Å². The molecule has 1 saturated carbocycles. The molecular formula is C31H32ClF6N5O2. The average molecular weight is 656 g/mol. The summed E-state index contributed by atoms with van der Waals surface area (Å²) in [6, 6.07) is 12.5. The third kappa shape index (κ3) is 6.33. The predicted octanol–water partition coefficient (Wildman–Crippen LogP) is 7.23. The molecule has 242 valence electrons. The average Bonchev–Trinajstić information content (AvgIpc) is 3.64. The van der Waals surface area contributed by atoms with E-state index in [1.807, 2.05) is 40.1 Å². The Kier molecular flexibility index (Phi) is 8.22. The number of benzene rings is 2. The third-order valence-corrected chi connectivity index (χ3v) is 9.47. The minimum absolute atomic E-state index is 0.0542. The monoisotopic (exact) mass is 655 g/mol. The molecule has 1 atom stereocenters. The number of alkyl halides is 6. The number of aromatic nitrogens is 2. The topological polar surface area (TPSA) is 64.8 Å². The first kappa shape index (κ1) is 31.5. The van der Waals surface area contributed by atoms with Gasteiger partial charge in [0.1, 0.15) is 5.56 Å². The number of hydrogen-bond donors (Lipinski definition) is 1. The first-order valence-corrected chi connectivity index (χ1v) is 15.2. The zero-order chi connectivity index (χ0) is 32.1. The van der Waals surface area contributed by atoms with E-state index in [2.05, 4.69) is 10.00 Å². The maximum absolute atomic E-state index is 13.9. The van der Waals surface area contributed by atoms with E-state index in [0.717, 1.165) is 33.4 Å². The van der Waals surface area contributed by atoms with Crippen LogP contribution in [-0.2, 0) is 6.18 Å². The molecule has 7 nitrogen and oxygen atoms in total. The summed E-state index contributed by atoms with van der Waals surface area (Å²) in [5, 5.41) is 13.6. The Balaban J connectivity index is 1.18. The van der Waals surface area contributed by atoms with Crippen LogP contribution in [0.4, 0.5) is 37.7 Å². The molecule has 1 N–H and O–H groups in total. The molecule has 0 amide bonds. The highest BCUT2D eigenvalue weighted by atomic mass is 35.5. The van der Waals surface area contributed by atoms with Crippen LogP contribution in [0.25, 0.3) is 11.1 Å². The van der Waals surface area contributed by atoms with Crippen LogP contribution in [0.1, 0.15) is 47.8 Å². The van der Waals surface area contributed by atoms with Gasteiger partial charge in [-0.05, 0) is 55.5 Å². The molecule has 0 spiro atoms. The smallest absolute Gasteiger partial charge is 0.433 e. The predicted molar refractivity (Wildman–Crippen MR) is 158 cm³/mol. The molecule has 3 fully saturated rings. The second-order valence-electron chi connectivity index (χ2n) is 12.1. The van der Waals surface area contributed by atoms with Gasteiger partial charge in [0.2, 0.25) is 0 Å². The molecule has 3 aromatic rings. The fourth-order valence-corrected chi connectivity index (χ4v) is 6.75. The lowest BCUT2D eigenvalue weighted by molar-refractivity contribution is -0.192. The Morgan fingerprint density at radius 1 is 0.956 bits per heavy atom. The molecular weight excluding hydrogens is 624 g/mol. The van der Waals surface area contributed by atoms with Gasteiger partial charge in [0, 0.05) is 67.8 Å². The Bertz CT molecular complexity index is 1550. The van der Waals surface area contributed by atoms with Crippen LogP contribution in [0.3, 0.4) is 0 Å². The van der Waals surface area contributed by atoms with Gasteiger partial charge in [0.25, 0.3) is 0 Å². The zero-order valence-corrected chi connectivity index (χ0v) is 25.0. The number of halogens is 7. The number of hydrogen-bond acceptors (Lipinski definition) is 5. The maximum atomic E-state index is 13.9. The number of carboxylic acids is 1. The molecule has 2 saturated heterocycles. The Morgan fingerprint density at radius 3 is 2.24 bits per heavy atom. The molecule has 0 radical (unpaired) electrons. The van der Waals surface area contributed by atoms with Crippen LogP contribution >= 0.6 is 11.6 Å². The van der Waals surface area contributed by atoms with Crippen molar-refractivity contribution in [1.82, 2.24) is 14.7 Å². The summed E-state index contributed by atoms with van der Waals surface area (Å²) in [4.78, 5) is 17.5. The van der Waals surface area contributed by atoms with Crippen molar-refractivity contribution in [3.8, 4) is 11.1 Å². The lowest BCUT2D eigenvalue weighted by Gasteiger charge is -2.38. The summed E-state index contributed by atoms with van der Waals surface area (Å²) in [6.45, 7) is 3.13. The molecule has 1 unspecified atom stereocenters. The van der Waals surface area contributed by atoms with Gasteiger partial charge in [-0.2, -0.15) is 31.4 Å². The fraction of sp³-hybridized carbons (Fsp3) is 0.484. The van der Waals surface area contributed by atoms with Crippen molar-refractivity contribution in [2.75, 3.05) is 55.6 Å². The summed E-state index contributed by atoms with van der Waals surface area (Å²) < 4.78 is 82.8. The highest BCUT2D eigenvalue weighted by molar-refractivity contribution is 6.31. The highest BCUT2D eigenvalue weighted by Gasteiger charge is 2.63. The van der Waals surface area contributed by atoms with Gasteiger partial charge in [-0.3, -0.25) is 9.58 Å². The van der Waals surface area contributed by atoms with Crippen molar-refractivity contribution >= 4 is 28.9 Å². The Morgan fingerprint density at radius 2 is 1.64 bits per heavy atom. The van der Waals surface area contributed by atoms with Crippen molar-refractivity contribution in [2.45, 2.75) is 44.1 Å². The van der Waals surface area contributed by atoms with E-state index in [1.54, 1.807) is 12.1 Å². The first-order valence-electron chi connectivity index (χ1n) is 14.8. The number of nitrogens with zero attached hydrogens (tertiary/aromatic N) is 5. The number of carbonyl (C=O) groups is 1. The molecule has 6 rings (SSSR count). The second kappa shape index (κ2) is 11.7. The number of aromatic carboxylic acids is 1. The van der Waals surface area contributed by atoms with Crippen LogP contribution in [0.5, 0.6) is 0 Å². The van der Waals surface area contributed by atoms with Crippen molar-refractivity contribution in [3.63, 3.8) is 0 Å². The van der Waals surface area contributed by atoms with E-state index in [0.29, 0.717) is 50.6 Å². The summed E-state index contributed by atoms with van der Waals surface area (Å²) in [5.74, 6) is -1.68. The fourth-order valence-electron chi connectivity index (χ4n) is 6.59. The van der Waals surface area contributed by atoms with E-state index in [1.165, 1.54) is 0 Å². The second-order valence-corrected chi connectivity index (χ2v) is 12.6. The standard InChI is InChI=1S/C31H32ClF6N5O2/c32-21-5-8-24(20-3-6-22(7-4-20)41-14-12-40(13-15-41)19-29(9-10-29)31(36,37)38)26(16-21)42-11-1-2-23(18-42)43-27(30(33,34)35)25(17-39-43)28(44)45/h3-8,16-17,23H,1-2,9-15,18-19H2,(H,44,45). The molecule has 0 bridgehead atoms. The normalized spacial score (nSPS) is 20.8. The SMILES string of the molecule is O=C(O)c1cnn(C2CCCN(c3cc(Cl)ccc3-c3ccc(N4CCN(CC5(C(F)(F)F)CC5)CC4)cc3)C2)c1C(F)(F)F. The minimum Gasteiger partial charge on any atom is -0.478 e. The molecule has 1 aromatic heterocycles. The molecule has 3 aliphatic rings. The lowest BCUT2D eigenvalue weighted by atomic mass is 9.99. The van der Waals surface area contributed by atoms with Gasteiger partial charge in [-0.15, -0.1) is 0 Å². The van der Waals surface area contributed by atoms with Gasteiger partial charge >= 0.3 is 18.3 Å². The molecule has 45 heavy (non-hydrogen) atoms. The van der Waals surface area contributed by atoms with E-state index in [9.17, 15) is 36.2 Å². The lowest BCUT2D eigenvalue weighted by Crippen LogP contribution is -2.49. The number of anilines is 2. The number of piperazine rings is 1. The number of piperidine rings is 1. The van der Waals surface area contributed by atoms with Gasteiger partial charge in [-0.25, -0.2) is 4.79 Å². The van der Waals surface area contributed by atoms with Crippen LogP contribution in [0, 0.1) is 5.41 Å². The van der Waals surface area contributed by atoms with Crippen LogP contribution in [0.15, 0.2) is 48.7 Å². The maximum Gasteiger partial charge on any atom is 0.433 e. The van der Waals surface area contributed by atoms with Crippen LogP contribution in [-0.4, -0.2) is 77.7 Å². The minimum atomic E-state index is -4.88. The van der Waals surface area contributed by atoms with E-state index in [-0.39, 0.29) is 25.9 Å². The quantitative estimate of drug-likeness (QED) is 0.271. The molecule has 14 heteroatoms. The summed E-state index contributed by atoms with van der Waals surface area (Å²) in [6.07, 6.45) is -6.93. The summed E-state index contributed by atoms with van der Waals surface area (Å²) in [7, 11) is 0.